The Morgan fingerprint density at radius 1 is 0.459 bits per heavy atom. The summed E-state index contributed by atoms with van der Waals surface area (Å²) in [4.78, 5) is 23.9. The van der Waals surface area contributed by atoms with Gasteiger partial charge in [-0.2, -0.15) is 0 Å². The van der Waals surface area contributed by atoms with Crippen molar-refractivity contribution in [3.63, 3.8) is 0 Å². The minimum atomic E-state index is -0.0193. The van der Waals surface area contributed by atoms with Gasteiger partial charge in [0.25, 0.3) is 0 Å². The van der Waals surface area contributed by atoms with Crippen molar-refractivity contribution >= 4 is 11.9 Å². The minimum Gasteiger partial charge on any atom is -0.466 e. The van der Waals surface area contributed by atoms with E-state index in [1.165, 1.54) is 64.2 Å². The van der Waals surface area contributed by atoms with Crippen LogP contribution in [0.2, 0.25) is 0 Å². The molecule has 220 valence electrons. The van der Waals surface area contributed by atoms with E-state index in [0.717, 1.165) is 56.8 Å². The molecule has 0 radical (unpaired) electrons. The average molecular weight is 525 g/mol. The van der Waals surface area contributed by atoms with E-state index in [1.807, 2.05) is 0 Å². The van der Waals surface area contributed by atoms with Crippen LogP contribution < -0.4 is 0 Å². The van der Waals surface area contributed by atoms with E-state index in [0.29, 0.717) is 37.9 Å². The lowest BCUT2D eigenvalue weighted by Crippen LogP contribution is -2.13. The molecule has 0 saturated heterocycles. The van der Waals surface area contributed by atoms with Gasteiger partial charge in [-0.1, -0.05) is 125 Å². The zero-order valence-electron chi connectivity index (χ0n) is 25.8. The molecule has 0 rings (SSSR count). The Kier molecular flexibility index (Phi) is 24.5. The quantitative estimate of drug-likeness (QED) is 0.0834. The van der Waals surface area contributed by atoms with Gasteiger partial charge in [-0.15, -0.1) is 0 Å². The predicted octanol–water partition coefficient (Wildman–Crippen LogP) is 10.1. The molecule has 0 heterocycles. The van der Waals surface area contributed by atoms with Gasteiger partial charge >= 0.3 is 11.9 Å². The van der Waals surface area contributed by atoms with Gasteiger partial charge in [0, 0.05) is 12.8 Å². The Hall–Kier alpha value is -1.06. The van der Waals surface area contributed by atoms with E-state index in [9.17, 15) is 9.59 Å². The van der Waals surface area contributed by atoms with E-state index in [2.05, 4.69) is 41.5 Å². The van der Waals surface area contributed by atoms with Crippen molar-refractivity contribution in [3.8, 4) is 0 Å². The van der Waals surface area contributed by atoms with Crippen LogP contribution in [0.15, 0.2) is 0 Å². The molecule has 37 heavy (non-hydrogen) atoms. The van der Waals surface area contributed by atoms with Crippen LogP contribution in [-0.4, -0.2) is 25.2 Å². The number of hydrogen-bond acceptors (Lipinski definition) is 4. The molecule has 0 bridgehead atoms. The Balaban J connectivity index is 3.62. The summed E-state index contributed by atoms with van der Waals surface area (Å²) in [5, 5.41) is 0. The van der Waals surface area contributed by atoms with Crippen LogP contribution in [0.25, 0.3) is 0 Å². The number of carbonyl (C=O) groups is 2. The Labute approximate surface area is 231 Å². The van der Waals surface area contributed by atoms with Crippen LogP contribution in [0.3, 0.4) is 0 Å². The number of hydrogen-bond donors (Lipinski definition) is 0. The molecule has 4 nitrogen and oxygen atoms in total. The van der Waals surface area contributed by atoms with Crippen LogP contribution in [0.5, 0.6) is 0 Å². The fourth-order valence-corrected chi connectivity index (χ4v) is 4.85. The van der Waals surface area contributed by atoms with Gasteiger partial charge in [0.1, 0.15) is 0 Å². The fourth-order valence-electron chi connectivity index (χ4n) is 4.85. The summed E-state index contributed by atoms with van der Waals surface area (Å²) in [6.45, 7) is 14.8. The molecule has 0 saturated carbocycles. The third-order valence-electron chi connectivity index (χ3n) is 7.50. The molecule has 0 aromatic heterocycles. The molecule has 0 aliphatic heterocycles. The highest BCUT2D eigenvalue weighted by Gasteiger charge is 2.15. The number of esters is 2. The largest absolute Gasteiger partial charge is 0.466 e. The highest BCUT2D eigenvalue weighted by atomic mass is 16.5. The third-order valence-corrected chi connectivity index (χ3v) is 7.50. The van der Waals surface area contributed by atoms with E-state index in [4.69, 9.17) is 9.47 Å². The second kappa shape index (κ2) is 25.2. The summed E-state index contributed by atoms with van der Waals surface area (Å²) in [5.41, 5.74) is 0. The summed E-state index contributed by atoms with van der Waals surface area (Å²) in [6.07, 6.45) is 20.9. The van der Waals surface area contributed by atoms with Crippen molar-refractivity contribution in [1.29, 1.82) is 0 Å². The summed E-state index contributed by atoms with van der Waals surface area (Å²) < 4.78 is 10.8. The van der Waals surface area contributed by atoms with Gasteiger partial charge in [-0.25, -0.2) is 0 Å². The third kappa shape index (κ3) is 26.3. The van der Waals surface area contributed by atoms with Crippen LogP contribution in [0.1, 0.15) is 164 Å². The van der Waals surface area contributed by atoms with Crippen LogP contribution in [-0.2, 0) is 19.1 Å². The first-order valence-electron chi connectivity index (χ1n) is 16.0. The topological polar surface area (TPSA) is 52.6 Å². The zero-order chi connectivity index (χ0) is 27.7. The molecule has 0 fully saturated rings. The first-order chi connectivity index (χ1) is 17.7. The summed E-state index contributed by atoms with van der Waals surface area (Å²) in [7, 11) is 0. The lowest BCUT2D eigenvalue weighted by Gasteiger charge is -2.20. The molecule has 4 heteroatoms. The van der Waals surface area contributed by atoms with Crippen molar-refractivity contribution in [2.24, 2.45) is 23.7 Å². The molecule has 1 unspecified atom stereocenters. The number of ether oxygens (including phenoxy) is 2. The van der Waals surface area contributed by atoms with Gasteiger partial charge in [0.2, 0.25) is 0 Å². The summed E-state index contributed by atoms with van der Waals surface area (Å²) in [6, 6.07) is 0. The number of rotatable bonds is 26. The lowest BCUT2D eigenvalue weighted by molar-refractivity contribution is -0.145. The van der Waals surface area contributed by atoms with Gasteiger partial charge in [0.15, 0.2) is 0 Å². The van der Waals surface area contributed by atoms with Crippen molar-refractivity contribution in [2.75, 3.05) is 13.2 Å². The zero-order valence-corrected chi connectivity index (χ0v) is 25.8. The summed E-state index contributed by atoms with van der Waals surface area (Å²) >= 11 is 0. The van der Waals surface area contributed by atoms with Gasteiger partial charge in [-0.3, -0.25) is 9.59 Å². The molecular weight excluding hydrogens is 460 g/mol. The molecule has 0 aromatic carbocycles. The maximum atomic E-state index is 12.1. The van der Waals surface area contributed by atoms with E-state index in [-0.39, 0.29) is 11.9 Å². The van der Waals surface area contributed by atoms with Crippen molar-refractivity contribution in [1.82, 2.24) is 0 Å². The number of carbonyl (C=O) groups excluding carboxylic acids is 2. The molecule has 1 atom stereocenters. The molecule has 0 N–H and O–H groups in total. The summed E-state index contributed by atoms with van der Waals surface area (Å²) in [5.74, 6) is 2.72. The highest BCUT2D eigenvalue weighted by molar-refractivity contribution is 5.69. The van der Waals surface area contributed by atoms with Crippen LogP contribution in [0, 0.1) is 23.7 Å². The Bertz CT molecular complexity index is 526. The normalized spacial score (nSPS) is 12.5. The minimum absolute atomic E-state index is 0.0139. The van der Waals surface area contributed by atoms with Crippen molar-refractivity contribution in [3.05, 3.63) is 0 Å². The number of unbranched alkanes of at least 4 members (excludes halogenated alkanes) is 10. The first kappa shape index (κ1) is 35.9. The fraction of sp³-hybridized carbons (Fsp3) is 0.939. The van der Waals surface area contributed by atoms with Crippen molar-refractivity contribution in [2.45, 2.75) is 164 Å². The SMILES string of the molecule is CC(C)CCCCCOC(=O)CCCCCCCCCC(CCC(=O)OCCCCCC(C)C)C(C)C. The predicted molar refractivity (Wildman–Crippen MR) is 158 cm³/mol. The first-order valence-corrected chi connectivity index (χ1v) is 16.0. The van der Waals surface area contributed by atoms with Gasteiger partial charge in [0.05, 0.1) is 13.2 Å². The average Bonchev–Trinajstić information content (AvgIpc) is 2.83. The second-order valence-corrected chi connectivity index (χ2v) is 12.5. The second-order valence-electron chi connectivity index (χ2n) is 12.5. The van der Waals surface area contributed by atoms with E-state index < -0.39 is 0 Å². The lowest BCUT2D eigenvalue weighted by atomic mass is 9.86. The molecule has 0 aliphatic rings. The molecule has 0 amide bonds. The monoisotopic (exact) mass is 524 g/mol. The Morgan fingerprint density at radius 3 is 1.35 bits per heavy atom. The van der Waals surface area contributed by atoms with Gasteiger partial charge < -0.3 is 9.47 Å². The molecule has 0 aliphatic carbocycles. The van der Waals surface area contributed by atoms with Crippen LogP contribution >= 0.6 is 0 Å². The highest BCUT2D eigenvalue weighted by Crippen LogP contribution is 2.24. The Morgan fingerprint density at radius 2 is 0.865 bits per heavy atom. The van der Waals surface area contributed by atoms with E-state index >= 15 is 0 Å². The standard InChI is InChI=1S/C33H64O4/c1-28(2)20-14-12-18-26-36-32(34)23-17-11-9-7-8-10-16-22-31(30(5)6)24-25-33(35)37-27-19-13-15-21-29(3)4/h28-31H,7-27H2,1-6H3. The molecular formula is C33H64O4. The molecule has 0 aromatic rings. The maximum Gasteiger partial charge on any atom is 0.305 e. The van der Waals surface area contributed by atoms with Crippen molar-refractivity contribution < 1.29 is 19.1 Å². The molecule has 0 spiro atoms. The van der Waals surface area contributed by atoms with Crippen LogP contribution in [0.4, 0.5) is 0 Å². The smallest absolute Gasteiger partial charge is 0.305 e. The van der Waals surface area contributed by atoms with E-state index in [1.54, 1.807) is 0 Å². The maximum absolute atomic E-state index is 12.1. The van der Waals surface area contributed by atoms with Gasteiger partial charge in [-0.05, 0) is 49.4 Å².